The highest BCUT2D eigenvalue weighted by Gasteiger charge is 2.23. The van der Waals surface area contributed by atoms with Crippen LogP contribution in [0.2, 0.25) is 0 Å². The first-order chi connectivity index (χ1) is 8.54. The Morgan fingerprint density at radius 1 is 0.778 bits per heavy atom. The lowest BCUT2D eigenvalue weighted by Gasteiger charge is -2.33. The van der Waals surface area contributed by atoms with Crippen LogP contribution in [0.1, 0.15) is 98.8 Å². The van der Waals surface area contributed by atoms with Crippen molar-refractivity contribution >= 4 is 0 Å². The highest BCUT2D eigenvalue weighted by molar-refractivity contribution is 4.84. The molecule has 0 radical (unpaired) electrons. The molecule has 0 atom stereocenters. The third-order valence-electron chi connectivity index (χ3n) is 3.80. The molecule has 0 aromatic carbocycles. The maximum atomic E-state index is 3.81. The van der Waals surface area contributed by atoms with E-state index in [4.69, 9.17) is 0 Å². The predicted molar refractivity (Wildman–Crippen MR) is 84.2 cm³/mol. The van der Waals surface area contributed by atoms with Crippen molar-refractivity contribution in [3.8, 4) is 0 Å². The van der Waals surface area contributed by atoms with Crippen LogP contribution in [0, 0.1) is 0 Å². The predicted octanol–water partition coefficient (Wildman–Crippen LogP) is 5.68. The van der Waals surface area contributed by atoms with Gasteiger partial charge in [0.25, 0.3) is 0 Å². The zero-order valence-corrected chi connectivity index (χ0v) is 13.6. The minimum absolute atomic E-state index is 0.371. The molecule has 0 bridgehead atoms. The maximum Gasteiger partial charge on any atom is 0.0155 e. The van der Waals surface area contributed by atoms with Crippen LogP contribution in [-0.2, 0) is 0 Å². The summed E-state index contributed by atoms with van der Waals surface area (Å²) in [7, 11) is 0. The van der Waals surface area contributed by atoms with Crippen LogP contribution in [0.25, 0.3) is 0 Å². The monoisotopic (exact) mass is 255 g/mol. The van der Waals surface area contributed by atoms with Gasteiger partial charge in [-0.1, -0.05) is 79.1 Å². The topological polar surface area (TPSA) is 12.0 Å². The Morgan fingerprint density at radius 2 is 1.22 bits per heavy atom. The molecule has 0 fully saturated rings. The molecule has 1 nitrogen and oxygen atoms in total. The third kappa shape index (κ3) is 9.94. The lowest BCUT2D eigenvalue weighted by molar-refractivity contribution is 0.267. The molecule has 0 rings (SSSR count). The van der Waals surface area contributed by atoms with Crippen LogP contribution in [0.5, 0.6) is 0 Å². The fourth-order valence-electron chi connectivity index (χ4n) is 2.85. The smallest absolute Gasteiger partial charge is 0.0155 e. The molecule has 0 aromatic rings. The van der Waals surface area contributed by atoms with Crippen molar-refractivity contribution in [3.63, 3.8) is 0 Å². The number of hydrogen-bond acceptors (Lipinski definition) is 1. The van der Waals surface area contributed by atoms with E-state index in [1.54, 1.807) is 0 Å². The molecule has 0 saturated heterocycles. The first-order valence-corrected chi connectivity index (χ1v) is 8.31. The van der Waals surface area contributed by atoms with Crippen LogP contribution < -0.4 is 5.32 Å². The summed E-state index contributed by atoms with van der Waals surface area (Å²) in [5.41, 5.74) is 0.371. The molecule has 0 aromatic heterocycles. The molecule has 0 heterocycles. The van der Waals surface area contributed by atoms with E-state index in [-0.39, 0.29) is 0 Å². The Hall–Kier alpha value is -0.0400. The van der Waals surface area contributed by atoms with E-state index in [0.29, 0.717) is 11.6 Å². The van der Waals surface area contributed by atoms with E-state index in [1.165, 1.54) is 64.2 Å². The highest BCUT2D eigenvalue weighted by Crippen LogP contribution is 2.23. The van der Waals surface area contributed by atoms with Crippen LogP contribution in [-0.4, -0.2) is 11.6 Å². The van der Waals surface area contributed by atoms with Crippen molar-refractivity contribution < 1.29 is 0 Å². The van der Waals surface area contributed by atoms with E-state index in [1.807, 2.05) is 0 Å². The average Bonchev–Trinajstić information content (AvgIpc) is 2.30. The third-order valence-corrected chi connectivity index (χ3v) is 3.80. The molecular formula is C17H37N. The van der Waals surface area contributed by atoms with Gasteiger partial charge in [0.05, 0.1) is 0 Å². The summed E-state index contributed by atoms with van der Waals surface area (Å²) in [5, 5.41) is 3.81. The van der Waals surface area contributed by atoms with E-state index in [9.17, 15) is 0 Å². The van der Waals surface area contributed by atoms with Crippen molar-refractivity contribution in [1.82, 2.24) is 5.32 Å². The molecule has 0 saturated carbocycles. The largest absolute Gasteiger partial charge is 0.309 e. The number of nitrogens with one attached hydrogen (secondary N) is 1. The number of unbranched alkanes of at least 4 members (excludes halogenated alkanes) is 6. The lowest BCUT2D eigenvalue weighted by Crippen LogP contribution is -2.46. The van der Waals surface area contributed by atoms with Crippen LogP contribution in [0.15, 0.2) is 0 Å². The van der Waals surface area contributed by atoms with E-state index >= 15 is 0 Å². The molecule has 0 unspecified atom stereocenters. The summed E-state index contributed by atoms with van der Waals surface area (Å²) in [5.74, 6) is 0. The van der Waals surface area contributed by atoms with Crippen LogP contribution >= 0.6 is 0 Å². The first kappa shape index (κ1) is 18.0. The molecule has 0 aliphatic heterocycles. The minimum Gasteiger partial charge on any atom is -0.309 e. The van der Waals surface area contributed by atoms with Gasteiger partial charge < -0.3 is 5.32 Å². The number of rotatable bonds is 12. The summed E-state index contributed by atoms with van der Waals surface area (Å²) in [6.07, 6.45) is 13.7. The van der Waals surface area contributed by atoms with Gasteiger partial charge in [-0.05, 0) is 19.8 Å². The van der Waals surface area contributed by atoms with Crippen molar-refractivity contribution in [2.45, 2.75) is 110 Å². The van der Waals surface area contributed by atoms with Gasteiger partial charge in [-0.15, -0.1) is 0 Å². The molecule has 0 aliphatic rings. The van der Waals surface area contributed by atoms with Gasteiger partial charge in [0.1, 0.15) is 0 Å². The van der Waals surface area contributed by atoms with Gasteiger partial charge >= 0.3 is 0 Å². The summed E-state index contributed by atoms with van der Waals surface area (Å²) in [4.78, 5) is 0. The fourth-order valence-corrected chi connectivity index (χ4v) is 2.85. The standard InChI is InChI=1S/C17H37N/c1-6-8-10-12-14-17(5,18-16(3)4)15-13-11-9-7-2/h16,18H,6-15H2,1-5H3. The minimum atomic E-state index is 0.371. The van der Waals surface area contributed by atoms with Crippen molar-refractivity contribution in [2.75, 3.05) is 0 Å². The summed E-state index contributed by atoms with van der Waals surface area (Å²) >= 11 is 0. The van der Waals surface area contributed by atoms with Crippen LogP contribution in [0.4, 0.5) is 0 Å². The Balaban J connectivity index is 3.99. The SMILES string of the molecule is CCCCCCC(C)(CCCCCC)NC(C)C. The van der Waals surface area contributed by atoms with Crippen LogP contribution in [0.3, 0.4) is 0 Å². The van der Waals surface area contributed by atoms with E-state index in [2.05, 4.69) is 39.9 Å². The van der Waals surface area contributed by atoms with Crippen molar-refractivity contribution in [3.05, 3.63) is 0 Å². The second-order valence-electron chi connectivity index (χ2n) is 6.48. The Kier molecular flexibility index (Phi) is 10.8. The van der Waals surface area contributed by atoms with Gasteiger partial charge in [0, 0.05) is 11.6 Å². The zero-order valence-electron chi connectivity index (χ0n) is 13.6. The van der Waals surface area contributed by atoms with Gasteiger partial charge in [-0.3, -0.25) is 0 Å². The lowest BCUT2D eigenvalue weighted by atomic mass is 9.87. The fraction of sp³-hybridized carbons (Fsp3) is 1.00. The van der Waals surface area contributed by atoms with Crippen molar-refractivity contribution in [1.29, 1.82) is 0 Å². The summed E-state index contributed by atoms with van der Waals surface area (Å²) in [6, 6.07) is 0.604. The average molecular weight is 255 g/mol. The van der Waals surface area contributed by atoms with Gasteiger partial charge in [-0.2, -0.15) is 0 Å². The van der Waals surface area contributed by atoms with Gasteiger partial charge in [0.15, 0.2) is 0 Å². The summed E-state index contributed by atoms with van der Waals surface area (Å²) in [6.45, 7) is 11.6. The Bertz CT molecular complexity index is 162. The van der Waals surface area contributed by atoms with E-state index < -0.39 is 0 Å². The molecule has 1 N–H and O–H groups in total. The van der Waals surface area contributed by atoms with E-state index in [0.717, 1.165) is 0 Å². The number of hydrogen-bond donors (Lipinski definition) is 1. The maximum absolute atomic E-state index is 3.81. The normalized spacial score (nSPS) is 12.3. The van der Waals surface area contributed by atoms with Gasteiger partial charge in [0.2, 0.25) is 0 Å². The molecule has 0 spiro atoms. The Morgan fingerprint density at radius 3 is 1.56 bits per heavy atom. The highest BCUT2D eigenvalue weighted by atomic mass is 15.0. The second kappa shape index (κ2) is 10.8. The molecule has 0 aliphatic carbocycles. The molecule has 18 heavy (non-hydrogen) atoms. The summed E-state index contributed by atoms with van der Waals surface area (Å²) < 4.78 is 0. The Labute approximate surface area is 116 Å². The molecule has 1 heteroatoms. The second-order valence-corrected chi connectivity index (χ2v) is 6.48. The zero-order chi connectivity index (χ0) is 13.9. The molecule has 110 valence electrons. The van der Waals surface area contributed by atoms with Gasteiger partial charge in [-0.25, -0.2) is 0 Å². The quantitative estimate of drug-likeness (QED) is 0.442. The molecular weight excluding hydrogens is 218 g/mol. The molecule has 0 amide bonds. The van der Waals surface area contributed by atoms with Crippen molar-refractivity contribution in [2.24, 2.45) is 0 Å². The first-order valence-electron chi connectivity index (χ1n) is 8.31.